The van der Waals surface area contributed by atoms with Crippen molar-refractivity contribution in [1.82, 2.24) is 15.1 Å². The minimum absolute atomic E-state index is 0.122. The first-order valence-electron chi connectivity index (χ1n) is 7.70. The summed E-state index contributed by atoms with van der Waals surface area (Å²) < 4.78 is 6.50. The molecule has 1 amide bonds. The Morgan fingerprint density at radius 1 is 1.24 bits per heavy atom. The number of aromatic nitrogens is 2. The van der Waals surface area contributed by atoms with Crippen LogP contribution >= 0.6 is 0 Å². The van der Waals surface area contributed by atoms with E-state index in [1.165, 1.54) is 14.0 Å². The first kappa shape index (κ1) is 16.8. The van der Waals surface area contributed by atoms with E-state index in [9.17, 15) is 9.59 Å². The molecular weight excluding hydrogens is 317 g/mol. The van der Waals surface area contributed by atoms with E-state index in [1.54, 1.807) is 16.8 Å². The van der Waals surface area contributed by atoms with Crippen LogP contribution in [-0.2, 0) is 16.1 Å². The lowest BCUT2D eigenvalue weighted by atomic mass is 9.96. The first-order chi connectivity index (χ1) is 12.0. The van der Waals surface area contributed by atoms with Gasteiger partial charge in [0.1, 0.15) is 7.85 Å². The summed E-state index contributed by atoms with van der Waals surface area (Å²) >= 11 is 0. The smallest absolute Gasteiger partial charge is 0.359 e. The molecule has 3 aromatic rings. The average molecular weight is 333 g/mol. The van der Waals surface area contributed by atoms with Crippen LogP contribution in [0.25, 0.3) is 16.6 Å². The van der Waals surface area contributed by atoms with Gasteiger partial charge in [-0.05, 0) is 29.8 Å². The Morgan fingerprint density at radius 2 is 2.04 bits per heavy atom. The van der Waals surface area contributed by atoms with Crippen LogP contribution in [-0.4, -0.2) is 36.6 Å². The maximum absolute atomic E-state index is 12.1. The van der Waals surface area contributed by atoms with E-state index >= 15 is 0 Å². The molecule has 6 nitrogen and oxygen atoms in total. The van der Waals surface area contributed by atoms with Crippen LogP contribution in [0.3, 0.4) is 0 Å². The van der Waals surface area contributed by atoms with E-state index < -0.39 is 5.97 Å². The highest BCUT2D eigenvalue weighted by molar-refractivity contribution is 6.32. The maximum atomic E-state index is 12.1. The molecule has 0 aliphatic heterocycles. The minimum Gasteiger partial charge on any atom is -0.464 e. The van der Waals surface area contributed by atoms with Crippen molar-refractivity contribution >= 4 is 36.1 Å². The monoisotopic (exact) mass is 333 g/mol. The molecule has 1 N–H and O–H groups in total. The second-order valence-electron chi connectivity index (χ2n) is 5.61. The van der Waals surface area contributed by atoms with Crippen molar-refractivity contribution in [2.75, 3.05) is 7.11 Å². The van der Waals surface area contributed by atoms with Gasteiger partial charge in [0, 0.05) is 18.9 Å². The molecule has 0 fully saturated rings. The number of benzene rings is 2. The van der Waals surface area contributed by atoms with E-state index in [0.717, 1.165) is 16.8 Å². The lowest BCUT2D eigenvalue weighted by molar-refractivity contribution is -0.119. The third-order valence-electron chi connectivity index (χ3n) is 3.78. The van der Waals surface area contributed by atoms with Gasteiger partial charge in [0.15, 0.2) is 5.69 Å². The molecule has 2 radical (unpaired) electrons. The quantitative estimate of drug-likeness (QED) is 0.576. The molecule has 2 aromatic carbocycles. The number of amides is 1. The molecule has 0 bridgehead atoms. The highest BCUT2D eigenvalue weighted by atomic mass is 16.5. The predicted molar refractivity (Wildman–Crippen MR) is 95.3 cm³/mol. The van der Waals surface area contributed by atoms with Crippen LogP contribution in [0.5, 0.6) is 0 Å². The molecule has 3 rings (SSSR count). The summed E-state index contributed by atoms with van der Waals surface area (Å²) in [6.45, 7) is 1.82. The van der Waals surface area contributed by atoms with Gasteiger partial charge < -0.3 is 10.1 Å². The van der Waals surface area contributed by atoms with Crippen molar-refractivity contribution in [2.45, 2.75) is 13.5 Å². The second-order valence-corrected chi connectivity index (χ2v) is 5.61. The number of hydrogen-bond acceptors (Lipinski definition) is 4. The zero-order valence-corrected chi connectivity index (χ0v) is 13.9. The van der Waals surface area contributed by atoms with Gasteiger partial charge in [-0.2, -0.15) is 5.10 Å². The molecular formula is C18H16BN3O3. The van der Waals surface area contributed by atoms with Crippen molar-refractivity contribution in [3.8, 4) is 5.69 Å². The fourth-order valence-electron chi connectivity index (χ4n) is 2.60. The molecule has 0 spiro atoms. The zero-order chi connectivity index (χ0) is 18.0. The van der Waals surface area contributed by atoms with E-state index in [1.807, 2.05) is 30.3 Å². The molecule has 0 unspecified atom stereocenters. The minimum atomic E-state index is -0.524. The highest BCUT2D eigenvalue weighted by Crippen LogP contribution is 2.24. The van der Waals surface area contributed by atoms with Gasteiger partial charge in [-0.25, -0.2) is 9.48 Å². The number of nitrogens with zero attached hydrogens (tertiary/aromatic N) is 2. The fourth-order valence-corrected chi connectivity index (χ4v) is 2.60. The van der Waals surface area contributed by atoms with Gasteiger partial charge in [-0.3, -0.25) is 4.79 Å². The maximum Gasteiger partial charge on any atom is 0.359 e. The molecule has 7 heteroatoms. The van der Waals surface area contributed by atoms with E-state index in [0.29, 0.717) is 17.4 Å². The lowest BCUT2D eigenvalue weighted by Crippen LogP contribution is -2.18. The summed E-state index contributed by atoms with van der Waals surface area (Å²) in [7, 11) is 7.17. The Bertz CT molecular complexity index is 965. The van der Waals surface area contributed by atoms with Crippen molar-refractivity contribution in [3.63, 3.8) is 0 Å². The van der Waals surface area contributed by atoms with Crippen LogP contribution in [0, 0.1) is 0 Å². The number of nitrogens with one attached hydrogen (secondary N) is 1. The van der Waals surface area contributed by atoms with E-state index in [-0.39, 0.29) is 11.6 Å². The number of ether oxygens (including phenoxy) is 1. The summed E-state index contributed by atoms with van der Waals surface area (Å²) in [6.07, 6.45) is 0. The Labute approximate surface area is 146 Å². The van der Waals surface area contributed by atoms with Crippen LogP contribution < -0.4 is 10.8 Å². The Balaban J connectivity index is 2.15. The molecule has 0 saturated heterocycles. The van der Waals surface area contributed by atoms with Crippen LogP contribution in [0.4, 0.5) is 0 Å². The second kappa shape index (κ2) is 6.80. The number of rotatable bonds is 4. The van der Waals surface area contributed by atoms with Crippen LogP contribution in [0.2, 0.25) is 0 Å². The number of carbonyl (C=O) groups excluding carboxylic acids is 2. The SMILES string of the molecule is [B]c1cccc(-n2nc(C(=O)OC)c3cc(CNC(C)=O)ccc32)c1. The molecule has 0 atom stereocenters. The number of hydrogen-bond donors (Lipinski definition) is 1. The third kappa shape index (κ3) is 3.40. The largest absolute Gasteiger partial charge is 0.464 e. The molecule has 25 heavy (non-hydrogen) atoms. The van der Waals surface area contributed by atoms with Gasteiger partial charge in [0.2, 0.25) is 5.91 Å². The van der Waals surface area contributed by atoms with Crippen LogP contribution in [0.15, 0.2) is 42.5 Å². The van der Waals surface area contributed by atoms with Gasteiger partial charge >= 0.3 is 5.97 Å². The Hall–Kier alpha value is -3.09. The third-order valence-corrected chi connectivity index (χ3v) is 3.78. The average Bonchev–Trinajstić information content (AvgIpc) is 2.98. The summed E-state index contributed by atoms with van der Waals surface area (Å²) in [5, 5.41) is 7.79. The van der Waals surface area contributed by atoms with E-state index in [2.05, 4.69) is 10.4 Å². The van der Waals surface area contributed by atoms with Crippen molar-refractivity contribution in [3.05, 3.63) is 53.7 Å². The molecule has 1 heterocycles. The summed E-state index contributed by atoms with van der Waals surface area (Å²) in [5.74, 6) is -0.645. The summed E-state index contributed by atoms with van der Waals surface area (Å²) in [5.41, 5.74) is 3.17. The van der Waals surface area contributed by atoms with Crippen molar-refractivity contribution in [2.24, 2.45) is 0 Å². The molecule has 0 aliphatic carbocycles. The number of methoxy groups -OCH3 is 1. The highest BCUT2D eigenvalue weighted by Gasteiger charge is 2.19. The lowest BCUT2D eigenvalue weighted by Gasteiger charge is -2.06. The molecule has 1 aromatic heterocycles. The summed E-state index contributed by atoms with van der Waals surface area (Å²) in [4.78, 5) is 23.2. The topological polar surface area (TPSA) is 73.2 Å². The van der Waals surface area contributed by atoms with Gasteiger partial charge in [-0.1, -0.05) is 23.7 Å². The number of fused-ring (bicyclic) bond motifs is 1. The standard InChI is InChI=1S/C18H16BN3O3/c1-11(23)20-10-12-6-7-16-15(8-12)17(18(24)25-2)21-22(16)14-5-3-4-13(19)9-14/h3-9H,10H2,1-2H3,(H,20,23). The molecule has 0 aliphatic rings. The van der Waals surface area contributed by atoms with Crippen molar-refractivity contribution in [1.29, 1.82) is 0 Å². The normalized spacial score (nSPS) is 10.6. The Kier molecular flexibility index (Phi) is 4.56. The van der Waals surface area contributed by atoms with Gasteiger partial charge in [-0.15, -0.1) is 0 Å². The van der Waals surface area contributed by atoms with Gasteiger partial charge in [0.05, 0.1) is 18.3 Å². The first-order valence-corrected chi connectivity index (χ1v) is 7.70. The fraction of sp³-hybridized carbons (Fsp3) is 0.167. The Morgan fingerprint density at radius 3 is 2.72 bits per heavy atom. The molecule has 124 valence electrons. The summed E-state index contributed by atoms with van der Waals surface area (Å²) in [6, 6.07) is 12.8. The van der Waals surface area contributed by atoms with Crippen molar-refractivity contribution < 1.29 is 14.3 Å². The zero-order valence-electron chi connectivity index (χ0n) is 13.9. The number of carbonyl (C=O) groups is 2. The van der Waals surface area contributed by atoms with Crippen LogP contribution in [0.1, 0.15) is 23.0 Å². The molecule has 0 saturated carbocycles. The van der Waals surface area contributed by atoms with E-state index in [4.69, 9.17) is 12.6 Å². The predicted octanol–water partition coefficient (Wildman–Crippen LogP) is 1.24. The van der Waals surface area contributed by atoms with Gasteiger partial charge in [0.25, 0.3) is 0 Å². The number of esters is 1.